The predicted molar refractivity (Wildman–Crippen MR) is 84.2 cm³/mol. The number of aromatic amines is 1. The van der Waals surface area contributed by atoms with Gasteiger partial charge in [-0.1, -0.05) is 19.9 Å². The number of H-pyrrole nitrogens is 1. The first-order valence-electron chi connectivity index (χ1n) is 6.62. The molecule has 0 aliphatic carbocycles. The van der Waals surface area contributed by atoms with Crippen molar-refractivity contribution in [2.75, 3.05) is 20.6 Å². The Kier molecular flexibility index (Phi) is 3.83. The second kappa shape index (κ2) is 5.10. The van der Waals surface area contributed by atoms with E-state index in [1.807, 2.05) is 0 Å². The van der Waals surface area contributed by atoms with Gasteiger partial charge >= 0.3 is 0 Å². The van der Waals surface area contributed by atoms with Crippen molar-refractivity contribution < 1.29 is 0 Å². The molecule has 0 unspecified atom stereocenters. The van der Waals surface area contributed by atoms with Crippen molar-refractivity contribution in [1.82, 2.24) is 14.5 Å². The third kappa shape index (κ3) is 3.25. The summed E-state index contributed by atoms with van der Waals surface area (Å²) in [7, 11) is 4.22. The average Bonchev–Trinajstić information content (AvgIpc) is 2.52. The molecular weight excluding hydrogens is 254 g/mol. The van der Waals surface area contributed by atoms with E-state index < -0.39 is 0 Å². The summed E-state index contributed by atoms with van der Waals surface area (Å²) in [5, 5.41) is 0. The van der Waals surface area contributed by atoms with Crippen molar-refractivity contribution in [2.24, 2.45) is 5.41 Å². The normalized spacial score (nSPS) is 12.5. The molecule has 19 heavy (non-hydrogen) atoms. The Balaban J connectivity index is 2.40. The molecule has 0 atom stereocenters. The van der Waals surface area contributed by atoms with Crippen molar-refractivity contribution in [3.8, 4) is 0 Å². The Morgan fingerprint density at radius 2 is 2.00 bits per heavy atom. The molecule has 1 N–H and O–H groups in total. The fourth-order valence-corrected chi connectivity index (χ4v) is 3.04. The van der Waals surface area contributed by atoms with Crippen LogP contribution in [-0.4, -0.2) is 35.1 Å². The lowest BCUT2D eigenvalue weighted by Crippen LogP contribution is -2.32. The number of fused-ring (bicyclic) bond motifs is 1. The van der Waals surface area contributed by atoms with Gasteiger partial charge in [0, 0.05) is 13.1 Å². The molecule has 3 nitrogen and oxygen atoms in total. The van der Waals surface area contributed by atoms with Gasteiger partial charge in [-0.05, 0) is 56.3 Å². The van der Waals surface area contributed by atoms with E-state index in [9.17, 15) is 0 Å². The number of benzene rings is 1. The van der Waals surface area contributed by atoms with E-state index >= 15 is 0 Å². The highest BCUT2D eigenvalue weighted by Gasteiger charge is 2.21. The number of nitrogens with zero attached hydrogens (tertiary/aromatic N) is 2. The molecule has 2 rings (SSSR count). The second-order valence-electron chi connectivity index (χ2n) is 6.44. The fraction of sp³-hybridized carbons (Fsp3) is 0.533. The molecular formula is C15H23N3S. The lowest BCUT2D eigenvalue weighted by atomic mass is 9.93. The van der Waals surface area contributed by atoms with E-state index in [1.165, 1.54) is 11.1 Å². The van der Waals surface area contributed by atoms with Gasteiger partial charge in [-0.3, -0.25) is 0 Å². The molecule has 0 aliphatic heterocycles. The van der Waals surface area contributed by atoms with Gasteiger partial charge in [-0.15, -0.1) is 0 Å². The molecule has 0 radical (unpaired) electrons. The van der Waals surface area contributed by atoms with Gasteiger partial charge in [0.1, 0.15) is 0 Å². The van der Waals surface area contributed by atoms with E-state index in [2.05, 4.69) is 67.5 Å². The zero-order valence-corrected chi connectivity index (χ0v) is 13.3. The maximum Gasteiger partial charge on any atom is 0.178 e. The molecule has 0 saturated heterocycles. The molecule has 0 saturated carbocycles. The van der Waals surface area contributed by atoms with Crippen LogP contribution in [0.1, 0.15) is 19.4 Å². The summed E-state index contributed by atoms with van der Waals surface area (Å²) in [6.45, 7) is 8.62. The minimum Gasteiger partial charge on any atom is -0.331 e. The van der Waals surface area contributed by atoms with Crippen molar-refractivity contribution in [2.45, 2.75) is 27.3 Å². The van der Waals surface area contributed by atoms with Crippen LogP contribution in [0.5, 0.6) is 0 Å². The molecule has 1 heterocycles. The van der Waals surface area contributed by atoms with Gasteiger partial charge in [0.15, 0.2) is 4.77 Å². The number of rotatable bonds is 4. The van der Waals surface area contributed by atoms with E-state index in [0.717, 1.165) is 23.4 Å². The highest BCUT2D eigenvalue weighted by atomic mass is 32.1. The Bertz CT molecular complexity index is 634. The third-order valence-electron chi connectivity index (χ3n) is 3.26. The molecule has 4 heteroatoms. The first-order chi connectivity index (χ1) is 8.78. The van der Waals surface area contributed by atoms with Crippen molar-refractivity contribution in [3.05, 3.63) is 28.5 Å². The molecule has 0 spiro atoms. The van der Waals surface area contributed by atoms with Gasteiger partial charge < -0.3 is 14.5 Å². The van der Waals surface area contributed by atoms with Crippen LogP contribution in [0.4, 0.5) is 0 Å². The Labute approximate surface area is 120 Å². The number of aryl methyl sites for hydroxylation is 1. The molecule has 0 aliphatic rings. The first kappa shape index (κ1) is 14.3. The summed E-state index contributed by atoms with van der Waals surface area (Å²) in [4.78, 5) is 5.53. The van der Waals surface area contributed by atoms with Crippen molar-refractivity contribution in [3.63, 3.8) is 0 Å². The van der Waals surface area contributed by atoms with Crippen LogP contribution in [0.3, 0.4) is 0 Å². The van der Waals surface area contributed by atoms with E-state index in [4.69, 9.17) is 12.2 Å². The largest absolute Gasteiger partial charge is 0.331 e. The lowest BCUT2D eigenvalue weighted by molar-refractivity contribution is 0.212. The van der Waals surface area contributed by atoms with E-state index in [-0.39, 0.29) is 5.41 Å². The maximum atomic E-state index is 5.47. The van der Waals surface area contributed by atoms with Crippen molar-refractivity contribution >= 4 is 23.3 Å². The monoisotopic (exact) mass is 277 g/mol. The third-order valence-corrected chi connectivity index (χ3v) is 3.58. The van der Waals surface area contributed by atoms with Gasteiger partial charge in [0.2, 0.25) is 0 Å². The standard InChI is InChI=1S/C15H23N3S/c1-11-6-7-13-12(8-11)16-14(19)18(13)10-15(2,3)9-17(4)5/h6-8H,9-10H2,1-5H3,(H,16,19). The quantitative estimate of drug-likeness (QED) is 0.863. The molecule has 0 bridgehead atoms. The molecule has 2 aromatic rings. The summed E-state index contributed by atoms with van der Waals surface area (Å²) < 4.78 is 3.03. The topological polar surface area (TPSA) is 24.0 Å². The second-order valence-corrected chi connectivity index (χ2v) is 6.83. The molecule has 0 amide bonds. The number of nitrogens with one attached hydrogen (secondary N) is 1. The lowest BCUT2D eigenvalue weighted by Gasteiger charge is -2.28. The van der Waals surface area contributed by atoms with Crippen LogP contribution >= 0.6 is 12.2 Å². The van der Waals surface area contributed by atoms with Crippen LogP contribution in [0.25, 0.3) is 11.0 Å². The summed E-state index contributed by atoms with van der Waals surface area (Å²) in [5.74, 6) is 0. The molecule has 104 valence electrons. The Morgan fingerprint density at radius 3 is 2.63 bits per heavy atom. The number of hydrogen-bond donors (Lipinski definition) is 1. The summed E-state index contributed by atoms with van der Waals surface area (Å²) in [6, 6.07) is 6.45. The van der Waals surface area contributed by atoms with Gasteiger partial charge in [0.05, 0.1) is 11.0 Å². The number of imidazole rings is 1. The van der Waals surface area contributed by atoms with Gasteiger partial charge in [0.25, 0.3) is 0 Å². The molecule has 1 aromatic carbocycles. The summed E-state index contributed by atoms with van der Waals surface area (Å²) in [5.41, 5.74) is 3.76. The van der Waals surface area contributed by atoms with Gasteiger partial charge in [-0.2, -0.15) is 0 Å². The Hall–Kier alpha value is -1.13. The minimum atomic E-state index is 0.182. The van der Waals surface area contributed by atoms with Gasteiger partial charge in [-0.25, -0.2) is 0 Å². The predicted octanol–water partition coefficient (Wildman–Crippen LogP) is 3.60. The van der Waals surface area contributed by atoms with E-state index in [1.54, 1.807) is 0 Å². The first-order valence-corrected chi connectivity index (χ1v) is 7.03. The van der Waals surface area contributed by atoms with Crippen LogP contribution in [0.15, 0.2) is 18.2 Å². The summed E-state index contributed by atoms with van der Waals surface area (Å²) >= 11 is 5.47. The van der Waals surface area contributed by atoms with Crippen LogP contribution in [0, 0.1) is 17.1 Å². The maximum absolute atomic E-state index is 5.47. The summed E-state index contributed by atoms with van der Waals surface area (Å²) in [6.07, 6.45) is 0. The molecule has 1 aromatic heterocycles. The zero-order chi connectivity index (χ0) is 14.2. The van der Waals surface area contributed by atoms with Crippen molar-refractivity contribution in [1.29, 1.82) is 0 Å². The smallest absolute Gasteiger partial charge is 0.178 e. The average molecular weight is 277 g/mol. The minimum absolute atomic E-state index is 0.182. The zero-order valence-electron chi connectivity index (χ0n) is 12.4. The number of aromatic nitrogens is 2. The van der Waals surface area contributed by atoms with Crippen LogP contribution in [0.2, 0.25) is 0 Å². The SMILES string of the molecule is Cc1ccc2c(c1)[nH]c(=S)n2CC(C)(C)CN(C)C. The van der Waals surface area contributed by atoms with Crippen LogP contribution < -0.4 is 0 Å². The Morgan fingerprint density at radius 1 is 1.32 bits per heavy atom. The van der Waals surface area contributed by atoms with E-state index in [0.29, 0.717) is 0 Å². The highest BCUT2D eigenvalue weighted by molar-refractivity contribution is 7.71. The fourth-order valence-electron chi connectivity index (χ4n) is 2.77. The highest BCUT2D eigenvalue weighted by Crippen LogP contribution is 2.23. The number of hydrogen-bond acceptors (Lipinski definition) is 2. The van der Waals surface area contributed by atoms with Crippen LogP contribution in [-0.2, 0) is 6.54 Å². The molecule has 0 fully saturated rings.